The normalized spacial score (nSPS) is 24.0. The lowest BCUT2D eigenvalue weighted by Gasteiger charge is -2.47. The van der Waals surface area contributed by atoms with Crippen LogP contribution in [0.1, 0.15) is 40.0 Å². The summed E-state index contributed by atoms with van der Waals surface area (Å²) < 4.78 is 31.7. The minimum Gasteiger partial charge on any atom is -0.486 e. The number of amides is 1. The molecule has 45 heavy (non-hydrogen) atoms. The fourth-order valence-electron chi connectivity index (χ4n) is 6.98. The summed E-state index contributed by atoms with van der Waals surface area (Å²) in [4.78, 5) is 15.2. The molecule has 0 bridgehead atoms. The van der Waals surface area contributed by atoms with Crippen molar-refractivity contribution in [3.8, 4) is 11.5 Å². The number of aliphatic hydroxyl groups excluding tert-OH is 2. The van der Waals surface area contributed by atoms with E-state index in [2.05, 4.69) is 45.0 Å². The van der Waals surface area contributed by atoms with Gasteiger partial charge in [-0.3, -0.25) is 4.90 Å². The standard InChI is InChI=1S/C35H43NO8Si/c1-34(2,3)45(28-10-6-4-7-11-28,29-12-8-5-9-13-29)42-23-32-35(17-16-27(43-32)21-26(38)22-37)24-36(33(39)44-35)25-14-15-30-31(20-25)41-19-18-40-30/h4-15,20,26-27,32,37-38H,16-19,21-24H2,1-3H3. The molecular formula is C35H43NO8Si. The third-order valence-corrected chi connectivity index (χ3v) is 14.2. The van der Waals surface area contributed by atoms with E-state index in [0.29, 0.717) is 43.2 Å². The van der Waals surface area contributed by atoms with Crippen LogP contribution in [0.3, 0.4) is 0 Å². The van der Waals surface area contributed by atoms with E-state index >= 15 is 0 Å². The summed E-state index contributed by atoms with van der Waals surface area (Å²) in [5.41, 5.74) is -0.318. The lowest BCUT2D eigenvalue weighted by atomic mass is 9.85. The molecule has 2 N–H and O–H groups in total. The molecule has 3 aromatic carbocycles. The summed E-state index contributed by atoms with van der Waals surface area (Å²) in [6.07, 6.45) is -0.932. The van der Waals surface area contributed by atoms with E-state index in [9.17, 15) is 15.0 Å². The number of carbonyl (C=O) groups is 1. The molecule has 6 rings (SSSR count). The van der Waals surface area contributed by atoms with Crippen LogP contribution >= 0.6 is 0 Å². The summed E-state index contributed by atoms with van der Waals surface area (Å²) >= 11 is 0. The molecule has 9 nitrogen and oxygen atoms in total. The first-order valence-corrected chi connectivity index (χ1v) is 17.7. The van der Waals surface area contributed by atoms with Crippen LogP contribution in [0.5, 0.6) is 11.5 Å². The van der Waals surface area contributed by atoms with Crippen molar-refractivity contribution in [3.05, 3.63) is 78.9 Å². The molecule has 2 saturated heterocycles. The Labute approximate surface area is 265 Å². The highest BCUT2D eigenvalue weighted by molar-refractivity contribution is 6.99. The SMILES string of the molecule is CC(C)(C)[Si](OCC1OC(CC(O)CO)CCC12CN(c1ccc3c(c1)OCCO3)C(=O)O2)(c1ccccc1)c1ccccc1. The Morgan fingerprint density at radius 3 is 2.24 bits per heavy atom. The van der Waals surface area contributed by atoms with Crippen LogP contribution in [0.15, 0.2) is 78.9 Å². The number of aliphatic hydroxyl groups is 2. The zero-order valence-electron chi connectivity index (χ0n) is 26.2. The molecule has 0 saturated carbocycles. The van der Waals surface area contributed by atoms with Crippen LogP contribution in [-0.2, 0) is 13.9 Å². The maximum Gasteiger partial charge on any atom is 0.415 e. The van der Waals surface area contributed by atoms with E-state index in [-0.39, 0.29) is 37.3 Å². The fourth-order valence-corrected chi connectivity index (χ4v) is 11.5. The zero-order chi connectivity index (χ0) is 31.7. The van der Waals surface area contributed by atoms with Crippen LogP contribution in [0.2, 0.25) is 5.04 Å². The Morgan fingerprint density at radius 2 is 1.62 bits per heavy atom. The summed E-state index contributed by atoms with van der Waals surface area (Å²) in [6, 6.07) is 26.2. The predicted molar refractivity (Wildman–Crippen MR) is 173 cm³/mol. The molecule has 240 valence electrons. The highest BCUT2D eigenvalue weighted by atomic mass is 28.4. The van der Waals surface area contributed by atoms with E-state index in [1.165, 1.54) is 0 Å². The Hall–Kier alpha value is -3.41. The summed E-state index contributed by atoms with van der Waals surface area (Å²) in [5, 5.41) is 21.8. The highest BCUT2D eigenvalue weighted by Gasteiger charge is 2.57. The van der Waals surface area contributed by atoms with E-state index in [0.717, 1.165) is 10.4 Å². The van der Waals surface area contributed by atoms with E-state index in [1.807, 2.05) is 54.6 Å². The maximum absolute atomic E-state index is 13.5. The third kappa shape index (κ3) is 6.09. The Bertz CT molecular complexity index is 1430. The second-order valence-electron chi connectivity index (χ2n) is 13.2. The van der Waals surface area contributed by atoms with Crippen LogP contribution in [-0.4, -0.2) is 81.5 Å². The summed E-state index contributed by atoms with van der Waals surface area (Å²) in [5.74, 6) is 1.24. The number of benzene rings is 3. The van der Waals surface area contributed by atoms with Crippen LogP contribution in [0, 0.1) is 0 Å². The van der Waals surface area contributed by atoms with E-state index in [1.54, 1.807) is 4.90 Å². The van der Waals surface area contributed by atoms with Crippen molar-refractivity contribution in [1.29, 1.82) is 0 Å². The van der Waals surface area contributed by atoms with Gasteiger partial charge in [-0.15, -0.1) is 0 Å². The molecule has 3 heterocycles. The van der Waals surface area contributed by atoms with Crippen molar-refractivity contribution < 1.29 is 38.4 Å². The first kappa shape index (κ1) is 31.6. The molecule has 2 fully saturated rings. The number of hydrogen-bond donors (Lipinski definition) is 2. The van der Waals surface area contributed by atoms with Gasteiger partial charge in [0.25, 0.3) is 8.32 Å². The van der Waals surface area contributed by atoms with Crippen LogP contribution in [0.25, 0.3) is 0 Å². The van der Waals surface area contributed by atoms with Gasteiger partial charge >= 0.3 is 6.09 Å². The first-order valence-electron chi connectivity index (χ1n) is 15.7. The molecule has 1 amide bonds. The van der Waals surface area contributed by atoms with Gasteiger partial charge in [-0.05, 0) is 40.4 Å². The monoisotopic (exact) mass is 633 g/mol. The van der Waals surface area contributed by atoms with Crippen molar-refractivity contribution in [2.24, 2.45) is 0 Å². The van der Waals surface area contributed by atoms with E-state index < -0.39 is 32.2 Å². The molecule has 0 aromatic heterocycles. The molecular weight excluding hydrogens is 590 g/mol. The average Bonchev–Trinajstić information content (AvgIpc) is 3.39. The molecule has 3 aliphatic rings. The average molecular weight is 634 g/mol. The molecule has 4 atom stereocenters. The van der Waals surface area contributed by atoms with Crippen LogP contribution < -0.4 is 24.7 Å². The van der Waals surface area contributed by atoms with Gasteiger partial charge in [-0.2, -0.15) is 0 Å². The molecule has 10 heteroatoms. The van der Waals surface area contributed by atoms with Gasteiger partial charge in [0.05, 0.1) is 37.7 Å². The van der Waals surface area contributed by atoms with Crippen molar-refractivity contribution in [2.75, 3.05) is 37.9 Å². The second kappa shape index (κ2) is 12.8. The van der Waals surface area contributed by atoms with Gasteiger partial charge in [0.15, 0.2) is 17.1 Å². The van der Waals surface area contributed by atoms with Crippen molar-refractivity contribution >= 4 is 30.5 Å². The van der Waals surface area contributed by atoms with Gasteiger partial charge in [-0.25, -0.2) is 4.79 Å². The number of anilines is 1. The number of rotatable bonds is 9. The minimum absolute atomic E-state index is 0.182. The summed E-state index contributed by atoms with van der Waals surface area (Å²) in [6.45, 7) is 7.69. The van der Waals surface area contributed by atoms with Crippen LogP contribution in [0.4, 0.5) is 10.5 Å². The third-order valence-electron chi connectivity index (χ3n) is 9.22. The summed E-state index contributed by atoms with van der Waals surface area (Å²) in [7, 11) is -2.93. The topological polar surface area (TPSA) is 107 Å². The lowest BCUT2D eigenvalue weighted by molar-refractivity contribution is -0.177. The second-order valence-corrected chi connectivity index (χ2v) is 17.5. The van der Waals surface area contributed by atoms with Crippen molar-refractivity contribution in [3.63, 3.8) is 0 Å². The van der Waals surface area contributed by atoms with E-state index in [4.69, 9.17) is 23.4 Å². The molecule has 3 aliphatic heterocycles. The lowest BCUT2D eigenvalue weighted by Crippen LogP contribution is -2.68. The van der Waals surface area contributed by atoms with Crippen molar-refractivity contribution in [1.82, 2.24) is 0 Å². The van der Waals surface area contributed by atoms with Gasteiger partial charge in [-0.1, -0.05) is 81.4 Å². The van der Waals surface area contributed by atoms with Gasteiger partial charge in [0.1, 0.15) is 19.3 Å². The Morgan fingerprint density at radius 1 is 0.978 bits per heavy atom. The number of fused-ring (bicyclic) bond motifs is 1. The van der Waals surface area contributed by atoms with Gasteiger partial charge < -0.3 is 33.6 Å². The molecule has 3 aromatic rings. The van der Waals surface area contributed by atoms with Crippen molar-refractivity contribution in [2.45, 2.75) is 69.0 Å². The number of nitrogens with zero attached hydrogens (tertiary/aromatic N) is 1. The molecule has 0 aliphatic carbocycles. The largest absolute Gasteiger partial charge is 0.486 e. The Kier molecular flexibility index (Phi) is 8.95. The zero-order valence-corrected chi connectivity index (χ0v) is 27.2. The highest BCUT2D eigenvalue weighted by Crippen LogP contribution is 2.44. The maximum atomic E-state index is 13.5. The smallest absolute Gasteiger partial charge is 0.415 e. The fraction of sp³-hybridized carbons (Fsp3) is 0.457. The quantitative estimate of drug-likeness (QED) is 0.341. The minimum atomic E-state index is -2.93. The number of ether oxygens (including phenoxy) is 4. The molecule has 4 unspecified atom stereocenters. The van der Waals surface area contributed by atoms with Gasteiger partial charge in [0, 0.05) is 12.5 Å². The predicted octanol–water partition coefficient (Wildman–Crippen LogP) is 4.02. The number of hydrogen-bond acceptors (Lipinski definition) is 8. The first-order chi connectivity index (χ1) is 21.6. The molecule has 0 radical (unpaired) electrons. The Balaban J connectivity index is 1.35. The molecule has 1 spiro atoms. The number of carbonyl (C=O) groups excluding carboxylic acids is 1. The van der Waals surface area contributed by atoms with Gasteiger partial charge in [0.2, 0.25) is 0 Å².